The Morgan fingerprint density at radius 3 is 2.72 bits per heavy atom. The number of aryl methyl sites for hydroxylation is 1. The molecule has 0 aliphatic carbocycles. The second-order valence-corrected chi connectivity index (χ2v) is 5.71. The Hall–Kier alpha value is -1.00. The second-order valence-electron chi connectivity index (χ2n) is 4.80. The van der Waals surface area contributed by atoms with Gasteiger partial charge in [-0.05, 0) is 25.7 Å². The largest absolute Gasteiger partial charge is 0.318 e. The number of hydrogen-bond donors (Lipinski definition) is 1. The van der Waals surface area contributed by atoms with Gasteiger partial charge < -0.3 is 4.90 Å². The van der Waals surface area contributed by atoms with Crippen LogP contribution >= 0.6 is 11.8 Å². The number of amides is 1. The highest BCUT2D eigenvalue weighted by Crippen LogP contribution is 2.26. The van der Waals surface area contributed by atoms with E-state index in [0.29, 0.717) is 6.54 Å². The number of carbonyl (C=O) groups is 1. The number of nitrogens with one attached hydrogen (secondary N) is 1. The van der Waals surface area contributed by atoms with Crippen LogP contribution in [0.3, 0.4) is 0 Å². The van der Waals surface area contributed by atoms with Crippen LogP contribution in [0.25, 0.3) is 0 Å². The molecule has 1 fully saturated rings. The summed E-state index contributed by atoms with van der Waals surface area (Å²) < 4.78 is 0. The van der Waals surface area contributed by atoms with Crippen LogP contribution in [0.15, 0.2) is 24.3 Å². The highest BCUT2D eigenvalue weighted by molar-refractivity contribution is 7.98. The van der Waals surface area contributed by atoms with Crippen LogP contribution in [0.5, 0.6) is 0 Å². The molecule has 98 valence electrons. The standard InChI is InChI=1S/C14H20N2OS/c1-10-4-6-12(7-5-10)14-15-8-13(17)16(14)11(2)9-18-3/h4-7,11,14-15H,8-9H2,1-3H3. The molecule has 18 heavy (non-hydrogen) atoms. The highest BCUT2D eigenvalue weighted by Gasteiger charge is 2.34. The van der Waals surface area contributed by atoms with E-state index in [4.69, 9.17) is 0 Å². The lowest BCUT2D eigenvalue weighted by molar-refractivity contribution is -0.129. The van der Waals surface area contributed by atoms with E-state index in [9.17, 15) is 4.79 Å². The van der Waals surface area contributed by atoms with Crippen LogP contribution in [0, 0.1) is 6.92 Å². The minimum Gasteiger partial charge on any atom is -0.318 e. The summed E-state index contributed by atoms with van der Waals surface area (Å²) in [5.74, 6) is 1.16. The minimum atomic E-state index is 0.0280. The van der Waals surface area contributed by atoms with E-state index in [0.717, 1.165) is 5.75 Å². The van der Waals surface area contributed by atoms with Crippen molar-refractivity contribution in [3.63, 3.8) is 0 Å². The molecule has 2 unspecified atom stereocenters. The summed E-state index contributed by atoms with van der Waals surface area (Å²) in [6.07, 6.45) is 2.10. The molecule has 1 aromatic rings. The first-order valence-corrected chi connectivity index (χ1v) is 7.63. The number of hydrogen-bond acceptors (Lipinski definition) is 3. The molecule has 0 bridgehead atoms. The van der Waals surface area contributed by atoms with Crippen LogP contribution in [-0.4, -0.2) is 35.4 Å². The maximum atomic E-state index is 12.0. The zero-order chi connectivity index (χ0) is 13.1. The molecule has 1 saturated heterocycles. The minimum absolute atomic E-state index is 0.0280. The van der Waals surface area contributed by atoms with Gasteiger partial charge in [0.05, 0.1) is 6.54 Å². The lowest BCUT2D eigenvalue weighted by atomic mass is 10.1. The summed E-state index contributed by atoms with van der Waals surface area (Å²) in [7, 11) is 0. The number of benzene rings is 1. The van der Waals surface area contributed by atoms with Gasteiger partial charge in [-0.1, -0.05) is 29.8 Å². The van der Waals surface area contributed by atoms with Crippen molar-refractivity contribution in [1.82, 2.24) is 10.2 Å². The molecule has 1 aliphatic rings. The van der Waals surface area contributed by atoms with E-state index in [-0.39, 0.29) is 18.1 Å². The quantitative estimate of drug-likeness (QED) is 0.904. The molecule has 4 heteroatoms. The Balaban J connectivity index is 2.20. The average Bonchev–Trinajstić information content (AvgIpc) is 2.72. The normalized spacial score (nSPS) is 21.4. The Labute approximate surface area is 113 Å². The van der Waals surface area contributed by atoms with Gasteiger partial charge >= 0.3 is 0 Å². The smallest absolute Gasteiger partial charge is 0.238 e. The molecule has 2 atom stereocenters. The van der Waals surface area contributed by atoms with Crippen molar-refractivity contribution in [3.8, 4) is 0 Å². The zero-order valence-electron chi connectivity index (χ0n) is 11.1. The fraction of sp³-hybridized carbons (Fsp3) is 0.500. The van der Waals surface area contributed by atoms with E-state index < -0.39 is 0 Å². The maximum Gasteiger partial charge on any atom is 0.238 e. The number of carbonyl (C=O) groups excluding carboxylic acids is 1. The third kappa shape index (κ3) is 2.70. The Kier molecular flexibility index (Phi) is 4.30. The molecule has 1 heterocycles. The first-order valence-electron chi connectivity index (χ1n) is 6.23. The van der Waals surface area contributed by atoms with Crippen LogP contribution in [0.2, 0.25) is 0 Å². The Bertz CT molecular complexity index is 418. The molecule has 1 aromatic carbocycles. The van der Waals surface area contributed by atoms with Gasteiger partial charge in [0.15, 0.2) is 0 Å². The molecule has 1 aliphatic heterocycles. The molecule has 0 spiro atoms. The molecular weight excluding hydrogens is 244 g/mol. The topological polar surface area (TPSA) is 32.3 Å². The first kappa shape index (κ1) is 13.4. The van der Waals surface area contributed by atoms with E-state index in [1.165, 1.54) is 11.1 Å². The molecule has 1 amide bonds. The molecule has 0 saturated carbocycles. The third-order valence-electron chi connectivity index (χ3n) is 3.29. The third-order valence-corrected chi connectivity index (χ3v) is 4.10. The van der Waals surface area contributed by atoms with Gasteiger partial charge in [0.25, 0.3) is 0 Å². The number of thioether (sulfide) groups is 1. The van der Waals surface area contributed by atoms with Crippen molar-refractivity contribution in [1.29, 1.82) is 0 Å². The lowest BCUT2D eigenvalue weighted by Gasteiger charge is -2.30. The van der Waals surface area contributed by atoms with Gasteiger partial charge in [-0.15, -0.1) is 0 Å². The Morgan fingerprint density at radius 2 is 2.11 bits per heavy atom. The summed E-state index contributed by atoms with van der Waals surface area (Å²) in [6.45, 7) is 4.63. The zero-order valence-corrected chi connectivity index (χ0v) is 12.0. The molecule has 3 nitrogen and oxygen atoms in total. The van der Waals surface area contributed by atoms with Crippen LogP contribution in [0.4, 0.5) is 0 Å². The summed E-state index contributed by atoms with van der Waals surface area (Å²) in [4.78, 5) is 14.0. The predicted molar refractivity (Wildman–Crippen MR) is 76.6 cm³/mol. The number of nitrogens with zero attached hydrogens (tertiary/aromatic N) is 1. The predicted octanol–water partition coefficient (Wildman–Crippen LogP) is 2.18. The van der Waals surface area contributed by atoms with Gasteiger partial charge in [-0.2, -0.15) is 11.8 Å². The lowest BCUT2D eigenvalue weighted by Crippen LogP contribution is -2.39. The van der Waals surface area contributed by atoms with E-state index in [2.05, 4.69) is 49.7 Å². The summed E-state index contributed by atoms with van der Waals surface area (Å²) in [5, 5.41) is 3.30. The van der Waals surface area contributed by atoms with Gasteiger partial charge in [-0.3, -0.25) is 10.1 Å². The van der Waals surface area contributed by atoms with Crippen LogP contribution in [-0.2, 0) is 4.79 Å². The van der Waals surface area contributed by atoms with Crippen molar-refractivity contribution >= 4 is 17.7 Å². The summed E-state index contributed by atoms with van der Waals surface area (Å²) in [5.41, 5.74) is 2.41. The van der Waals surface area contributed by atoms with Gasteiger partial charge in [0, 0.05) is 11.8 Å². The van der Waals surface area contributed by atoms with Crippen molar-refractivity contribution in [3.05, 3.63) is 35.4 Å². The van der Waals surface area contributed by atoms with Crippen LogP contribution < -0.4 is 5.32 Å². The van der Waals surface area contributed by atoms with Crippen LogP contribution in [0.1, 0.15) is 24.2 Å². The van der Waals surface area contributed by atoms with E-state index in [1.807, 2.05) is 4.90 Å². The average molecular weight is 264 g/mol. The molecule has 1 N–H and O–H groups in total. The molecule has 0 aromatic heterocycles. The van der Waals surface area contributed by atoms with Gasteiger partial charge in [0.2, 0.25) is 5.91 Å². The SMILES string of the molecule is CSCC(C)N1C(=O)CNC1c1ccc(C)cc1. The molecule has 2 rings (SSSR count). The van der Waals surface area contributed by atoms with E-state index in [1.54, 1.807) is 11.8 Å². The first-order chi connectivity index (χ1) is 8.63. The highest BCUT2D eigenvalue weighted by atomic mass is 32.2. The second kappa shape index (κ2) is 5.76. The van der Waals surface area contributed by atoms with Gasteiger partial charge in [0.1, 0.15) is 6.17 Å². The molecule has 0 radical (unpaired) electrons. The Morgan fingerprint density at radius 1 is 1.44 bits per heavy atom. The summed E-state index contributed by atoms with van der Waals surface area (Å²) >= 11 is 1.78. The fourth-order valence-electron chi connectivity index (χ4n) is 2.37. The van der Waals surface area contributed by atoms with Crippen molar-refractivity contribution in [2.75, 3.05) is 18.6 Å². The summed E-state index contributed by atoms with van der Waals surface area (Å²) in [6, 6.07) is 8.65. The van der Waals surface area contributed by atoms with Crippen molar-refractivity contribution in [2.24, 2.45) is 0 Å². The van der Waals surface area contributed by atoms with Crippen molar-refractivity contribution in [2.45, 2.75) is 26.1 Å². The number of rotatable bonds is 4. The van der Waals surface area contributed by atoms with Gasteiger partial charge in [-0.25, -0.2) is 0 Å². The van der Waals surface area contributed by atoms with Crippen molar-refractivity contribution < 1.29 is 4.79 Å². The fourth-order valence-corrected chi connectivity index (χ4v) is 3.01. The monoisotopic (exact) mass is 264 g/mol. The molecular formula is C14H20N2OS. The maximum absolute atomic E-state index is 12.0. The van der Waals surface area contributed by atoms with E-state index >= 15 is 0 Å².